The van der Waals surface area contributed by atoms with Crippen LogP contribution >= 0.6 is 28.1 Å². The lowest BCUT2D eigenvalue weighted by Crippen LogP contribution is -2.30. The van der Waals surface area contributed by atoms with E-state index in [2.05, 4.69) is 104 Å². The predicted octanol–water partition coefficient (Wildman–Crippen LogP) is 6.43. The molecule has 2 unspecified atom stereocenters. The quantitative estimate of drug-likeness (QED) is 0.326. The highest BCUT2D eigenvalue weighted by Crippen LogP contribution is 2.42. The van der Waals surface area contributed by atoms with E-state index in [0.717, 1.165) is 27.2 Å². The third-order valence-electron chi connectivity index (χ3n) is 6.05. The molecule has 4 aromatic rings. The van der Waals surface area contributed by atoms with Gasteiger partial charge in [-0.3, -0.25) is 4.98 Å². The Morgan fingerprint density at radius 1 is 0.906 bits per heavy atom. The molecule has 4 nitrogen and oxygen atoms in total. The Kier molecular flexibility index (Phi) is 5.57. The predicted molar refractivity (Wildman–Crippen MR) is 137 cm³/mol. The summed E-state index contributed by atoms with van der Waals surface area (Å²) < 4.78 is 3.30. The number of thiocarbonyl (C=S) groups is 1. The monoisotopic (exact) mass is 502 g/mol. The fourth-order valence-corrected chi connectivity index (χ4v) is 4.89. The van der Waals surface area contributed by atoms with Gasteiger partial charge in [0.15, 0.2) is 5.11 Å². The van der Waals surface area contributed by atoms with Gasteiger partial charge >= 0.3 is 0 Å². The fraction of sp³-hybridized carbons (Fsp3) is 0.154. The molecule has 0 saturated carbocycles. The summed E-state index contributed by atoms with van der Waals surface area (Å²) in [6.45, 7) is 4.29. The molecule has 32 heavy (non-hydrogen) atoms. The minimum Gasteiger partial charge on any atom is -0.351 e. The van der Waals surface area contributed by atoms with Crippen LogP contribution in [0.5, 0.6) is 0 Å². The molecule has 1 N–H and O–H groups in total. The van der Waals surface area contributed by atoms with Gasteiger partial charge in [-0.05, 0) is 97.9 Å². The second-order valence-corrected chi connectivity index (χ2v) is 9.35. The number of aromatic nitrogens is 2. The Hall–Kier alpha value is -2.96. The first kappa shape index (κ1) is 20.9. The molecule has 1 fully saturated rings. The molecular weight excluding hydrogens is 480 g/mol. The first-order valence-electron chi connectivity index (χ1n) is 10.5. The fourth-order valence-electron chi connectivity index (χ4n) is 4.28. The minimum absolute atomic E-state index is 0.0600. The van der Waals surface area contributed by atoms with Crippen molar-refractivity contribution in [3.8, 4) is 5.69 Å². The van der Waals surface area contributed by atoms with Crippen LogP contribution in [-0.2, 0) is 0 Å². The Balaban J connectivity index is 1.67. The molecule has 2 atom stereocenters. The van der Waals surface area contributed by atoms with E-state index in [9.17, 15) is 0 Å². The van der Waals surface area contributed by atoms with Crippen LogP contribution in [0.2, 0.25) is 0 Å². The van der Waals surface area contributed by atoms with Crippen LogP contribution in [0.3, 0.4) is 0 Å². The molecule has 0 aliphatic carbocycles. The summed E-state index contributed by atoms with van der Waals surface area (Å²) in [5, 5.41) is 4.24. The molecule has 1 aliphatic heterocycles. The van der Waals surface area contributed by atoms with Crippen molar-refractivity contribution in [2.45, 2.75) is 25.9 Å². The lowest BCUT2D eigenvalue weighted by Gasteiger charge is -2.29. The van der Waals surface area contributed by atoms with Crippen molar-refractivity contribution in [2.24, 2.45) is 0 Å². The molecule has 3 heterocycles. The summed E-state index contributed by atoms with van der Waals surface area (Å²) in [5.41, 5.74) is 6.86. The topological polar surface area (TPSA) is 33.1 Å². The van der Waals surface area contributed by atoms with Crippen molar-refractivity contribution in [3.05, 3.63) is 112 Å². The number of halogens is 1. The molecule has 160 valence electrons. The Bertz CT molecular complexity index is 1270. The molecule has 1 saturated heterocycles. The SMILES string of the molecule is Cc1ccc(-n2cccc2C2C(c3ccccn3)NC(=S)N2c2ccc(Br)cc2)cc1C. The number of hydrogen-bond acceptors (Lipinski definition) is 2. The average Bonchev–Trinajstić information content (AvgIpc) is 3.41. The lowest BCUT2D eigenvalue weighted by molar-refractivity contribution is 0.549. The maximum atomic E-state index is 5.85. The second kappa shape index (κ2) is 8.52. The zero-order valence-electron chi connectivity index (χ0n) is 17.9. The zero-order valence-corrected chi connectivity index (χ0v) is 20.3. The summed E-state index contributed by atoms with van der Waals surface area (Å²) in [7, 11) is 0. The zero-order chi connectivity index (χ0) is 22.2. The van der Waals surface area contributed by atoms with Gasteiger partial charge in [-0.25, -0.2) is 0 Å². The van der Waals surface area contributed by atoms with Gasteiger partial charge in [0.25, 0.3) is 0 Å². The molecular formula is C26H23BrN4S. The molecule has 6 heteroatoms. The van der Waals surface area contributed by atoms with Crippen molar-refractivity contribution >= 4 is 38.9 Å². The van der Waals surface area contributed by atoms with E-state index < -0.39 is 0 Å². The molecule has 0 amide bonds. The third-order valence-corrected chi connectivity index (χ3v) is 6.90. The number of hydrogen-bond donors (Lipinski definition) is 1. The molecule has 0 spiro atoms. The summed E-state index contributed by atoms with van der Waals surface area (Å²) in [5.74, 6) is 0. The standard InChI is InChI=1S/C26H23BrN4S/c1-17-8-11-21(16-18(17)2)30-15-5-7-23(30)25-24(22-6-3-4-14-28-22)29-26(32)31(25)20-12-9-19(27)10-13-20/h3-16,24-25H,1-2H3,(H,29,32). The van der Waals surface area contributed by atoms with Crippen molar-refractivity contribution in [2.75, 3.05) is 4.90 Å². The van der Waals surface area contributed by atoms with Gasteiger partial charge in [-0.1, -0.05) is 28.1 Å². The first-order chi connectivity index (χ1) is 15.5. The highest BCUT2D eigenvalue weighted by molar-refractivity contribution is 9.10. The number of pyridine rings is 1. The summed E-state index contributed by atoms with van der Waals surface area (Å²) >= 11 is 9.39. The molecule has 2 aromatic carbocycles. The van der Waals surface area contributed by atoms with Crippen LogP contribution in [0.1, 0.15) is 34.6 Å². The van der Waals surface area contributed by atoms with Crippen molar-refractivity contribution in [3.63, 3.8) is 0 Å². The van der Waals surface area contributed by atoms with E-state index in [1.54, 1.807) is 0 Å². The first-order valence-corrected chi connectivity index (χ1v) is 11.7. The largest absolute Gasteiger partial charge is 0.351 e. The highest BCUT2D eigenvalue weighted by atomic mass is 79.9. The molecule has 0 radical (unpaired) electrons. The van der Waals surface area contributed by atoms with Gasteiger partial charge in [-0.15, -0.1) is 0 Å². The van der Waals surface area contributed by atoms with Crippen LogP contribution in [-0.4, -0.2) is 14.7 Å². The molecule has 2 aromatic heterocycles. The van der Waals surface area contributed by atoms with Gasteiger partial charge in [0, 0.05) is 33.9 Å². The third kappa shape index (κ3) is 3.74. The van der Waals surface area contributed by atoms with Gasteiger partial charge in [0.2, 0.25) is 0 Å². The number of nitrogens with one attached hydrogen (secondary N) is 1. The van der Waals surface area contributed by atoms with Crippen LogP contribution in [0.4, 0.5) is 5.69 Å². The summed E-state index contributed by atoms with van der Waals surface area (Å²) in [6.07, 6.45) is 3.96. The van der Waals surface area contributed by atoms with E-state index >= 15 is 0 Å². The van der Waals surface area contributed by atoms with Crippen LogP contribution < -0.4 is 10.2 Å². The minimum atomic E-state index is -0.0763. The normalized spacial score (nSPS) is 18.1. The average molecular weight is 503 g/mol. The number of benzene rings is 2. The Morgan fingerprint density at radius 2 is 1.69 bits per heavy atom. The summed E-state index contributed by atoms with van der Waals surface area (Å²) in [4.78, 5) is 6.86. The van der Waals surface area contributed by atoms with E-state index in [1.807, 2.05) is 30.5 Å². The highest BCUT2D eigenvalue weighted by Gasteiger charge is 2.42. The van der Waals surface area contributed by atoms with Crippen LogP contribution in [0.15, 0.2) is 89.7 Å². The van der Waals surface area contributed by atoms with E-state index in [0.29, 0.717) is 5.11 Å². The van der Waals surface area contributed by atoms with E-state index in [4.69, 9.17) is 12.2 Å². The maximum absolute atomic E-state index is 5.85. The Labute approximate surface area is 202 Å². The van der Waals surface area contributed by atoms with Gasteiger partial charge < -0.3 is 14.8 Å². The van der Waals surface area contributed by atoms with E-state index in [-0.39, 0.29) is 12.1 Å². The van der Waals surface area contributed by atoms with Gasteiger partial charge in [0.05, 0.1) is 11.7 Å². The lowest BCUT2D eigenvalue weighted by atomic mass is 10.0. The second-order valence-electron chi connectivity index (χ2n) is 8.04. The van der Waals surface area contributed by atoms with Gasteiger partial charge in [0.1, 0.15) is 6.04 Å². The van der Waals surface area contributed by atoms with Crippen LogP contribution in [0, 0.1) is 13.8 Å². The number of anilines is 1. The Morgan fingerprint density at radius 3 is 2.41 bits per heavy atom. The number of aryl methyl sites for hydroxylation is 2. The van der Waals surface area contributed by atoms with E-state index in [1.165, 1.54) is 11.1 Å². The molecule has 1 aliphatic rings. The van der Waals surface area contributed by atoms with Crippen molar-refractivity contribution in [1.82, 2.24) is 14.9 Å². The molecule has 5 rings (SSSR count). The number of rotatable bonds is 4. The van der Waals surface area contributed by atoms with Crippen molar-refractivity contribution < 1.29 is 0 Å². The maximum Gasteiger partial charge on any atom is 0.174 e. The van der Waals surface area contributed by atoms with Gasteiger partial charge in [-0.2, -0.15) is 0 Å². The molecule has 0 bridgehead atoms. The smallest absolute Gasteiger partial charge is 0.174 e. The summed E-state index contributed by atoms with van der Waals surface area (Å²) in [6, 6.07) is 25.0. The van der Waals surface area contributed by atoms with Crippen molar-refractivity contribution in [1.29, 1.82) is 0 Å². The number of nitrogens with zero attached hydrogens (tertiary/aromatic N) is 3. The van der Waals surface area contributed by atoms with Crippen LogP contribution in [0.25, 0.3) is 5.69 Å².